The molecule has 134 valence electrons. The molecule has 0 spiro atoms. The first-order chi connectivity index (χ1) is 12.3. The summed E-state index contributed by atoms with van der Waals surface area (Å²) in [6.45, 7) is 0. The van der Waals surface area contributed by atoms with Gasteiger partial charge in [-0.15, -0.1) is 11.8 Å². The van der Waals surface area contributed by atoms with Crippen molar-refractivity contribution in [3.05, 3.63) is 65.8 Å². The van der Waals surface area contributed by atoms with Gasteiger partial charge < -0.3 is 4.52 Å². The van der Waals surface area contributed by atoms with Crippen LogP contribution in [0.5, 0.6) is 0 Å². The van der Waals surface area contributed by atoms with Gasteiger partial charge in [-0.1, -0.05) is 41.6 Å². The van der Waals surface area contributed by atoms with Crippen LogP contribution in [0.25, 0.3) is 11.4 Å². The molecule has 0 amide bonds. The Kier molecular flexibility index (Phi) is 5.08. The number of alkyl halides is 3. The molecule has 0 saturated heterocycles. The fourth-order valence-electron chi connectivity index (χ4n) is 2.05. The van der Waals surface area contributed by atoms with Gasteiger partial charge in [-0.25, -0.2) is 4.39 Å². The van der Waals surface area contributed by atoms with Gasteiger partial charge in [0.15, 0.2) is 5.78 Å². The molecule has 4 nitrogen and oxygen atoms in total. The number of carbonyl (C=O) groups is 1. The Hall–Kier alpha value is -2.68. The standard InChI is InChI=1S/C17H10F4N2O2S/c18-12-3-1-2-4-14(12)26-9-13(24)10-5-7-11(8-6-10)15-22-16(25-23-15)17(19,20)21/h1-8H,9H2. The maximum absolute atomic E-state index is 13.5. The zero-order valence-electron chi connectivity index (χ0n) is 13.0. The maximum Gasteiger partial charge on any atom is 0.471 e. The van der Waals surface area contributed by atoms with Crippen molar-refractivity contribution in [2.24, 2.45) is 0 Å². The zero-order chi connectivity index (χ0) is 18.7. The summed E-state index contributed by atoms with van der Waals surface area (Å²) in [4.78, 5) is 15.8. The van der Waals surface area contributed by atoms with E-state index >= 15 is 0 Å². The molecule has 9 heteroatoms. The second-order valence-electron chi connectivity index (χ2n) is 5.14. The minimum absolute atomic E-state index is 0.0285. The summed E-state index contributed by atoms with van der Waals surface area (Å²) in [5.74, 6) is -2.28. The number of halogens is 4. The van der Waals surface area contributed by atoms with Crippen LogP contribution in [0.3, 0.4) is 0 Å². The van der Waals surface area contributed by atoms with Crippen molar-refractivity contribution in [1.82, 2.24) is 10.1 Å². The van der Waals surface area contributed by atoms with Gasteiger partial charge in [0.1, 0.15) is 5.82 Å². The number of carbonyl (C=O) groups excluding carboxylic acids is 1. The minimum Gasteiger partial charge on any atom is -0.329 e. The normalized spacial score (nSPS) is 11.5. The lowest BCUT2D eigenvalue weighted by Gasteiger charge is -2.03. The fraction of sp³-hybridized carbons (Fsp3) is 0.118. The number of hydrogen-bond acceptors (Lipinski definition) is 5. The highest BCUT2D eigenvalue weighted by atomic mass is 32.2. The molecule has 1 heterocycles. The van der Waals surface area contributed by atoms with Gasteiger partial charge in [0.2, 0.25) is 5.82 Å². The van der Waals surface area contributed by atoms with Gasteiger partial charge >= 0.3 is 12.1 Å². The molecule has 2 aromatic carbocycles. The van der Waals surface area contributed by atoms with Crippen molar-refractivity contribution < 1.29 is 26.9 Å². The number of rotatable bonds is 5. The van der Waals surface area contributed by atoms with E-state index in [2.05, 4.69) is 14.7 Å². The van der Waals surface area contributed by atoms with Crippen LogP contribution in [0.2, 0.25) is 0 Å². The van der Waals surface area contributed by atoms with Gasteiger partial charge in [0, 0.05) is 16.0 Å². The Bertz CT molecular complexity index is 923. The lowest BCUT2D eigenvalue weighted by Crippen LogP contribution is -2.05. The molecule has 1 aromatic heterocycles. The van der Waals surface area contributed by atoms with E-state index in [-0.39, 0.29) is 22.9 Å². The molecule has 0 aliphatic heterocycles. The number of nitrogens with zero attached hydrogens (tertiary/aromatic N) is 2. The highest BCUT2D eigenvalue weighted by Crippen LogP contribution is 2.29. The molecule has 0 saturated carbocycles. The topological polar surface area (TPSA) is 56.0 Å². The summed E-state index contributed by atoms with van der Waals surface area (Å²) in [5.41, 5.74) is 0.625. The molecule has 0 aliphatic rings. The van der Waals surface area contributed by atoms with Crippen molar-refractivity contribution in [2.75, 3.05) is 5.75 Å². The Morgan fingerprint density at radius 2 is 1.77 bits per heavy atom. The Morgan fingerprint density at radius 1 is 1.08 bits per heavy atom. The van der Waals surface area contributed by atoms with Crippen LogP contribution in [0.15, 0.2) is 57.9 Å². The highest BCUT2D eigenvalue weighted by Gasteiger charge is 2.38. The fourth-order valence-corrected chi connectivity index (χ4v) is 2.88. The van der Waals surface area contributed by atoms with Crippen molar-refractivity contribution in [3.63, 3.8) is 0 Å². The third-order valence-electron chi connectivity index (χ3n) is 3.33. The van der Waals surface area contributed by atoms with Crippen LogP contribution in [-0.4, -0.2) is 21.7 Å². The third kappa shape index (κ3) is 4.10. The molecule has 0 fully saturated rings. The van der Waals surface area contributed by atoms with E-state index in [1.807, 2.05) is 0 Å². The predicted octanol–water partition coefficient (Wildman–Crippen LogP) is 4.87. The molecule has 0 N–H and O–H groups in total. The van der Waals surface area contributed by atoms with Gasteiger partial charge in [-0.05, 0) is 12.1 Å². The summed E-state index contributed by atoms with van der Waals surface area (Å²) in [7, 11) is 0. The van der Waals surface area contributed by atoms with Crippen molar-refractivity contribution in [1.29, 1.82) is 0 Å². The molecule has 0 unspecified atom stereocenters. The summed E-state index contributed by atoms with van der Waals surface area (Å²) in [6.07, 6.45) is -4.72. The van der Waals surface area contributed by atoms with E-state index in [1.54, 1.807) is 18.2 Å². The van der Waals surface area contributed by atoms with Crippen LogP contribution in [0.1, 0.15) is 16.2 Å². The number of benzene rings is 2. The van der Waals surface area contributed by atoms with Gasteiger partial charge in [-0.2, -0.15) is 18.2 Å². The SMILES string of the molecule is O=C(CSc1ccccc1F)c1ccc(-c2noc(C(F)(F)F)n2)cc1. The van der Waals surface area contributed by atoms with E-state index < -0.39 is 17.9 Å². The van der Waals surface area contributed by atoms with Crippen LogP contribution >= 0.6 is 11.8 Å². The average Bonchev–Trinajstić information content (AvgIpc) is 3.11. The Morgan fingerprint density at radius 3 is 2.38 bits per heavy atom. The second-order valence-corrected chi connectivity index (χ2v) is 6.16. The Balaban J connectivity index is 1.68. The van der Waals surface area contributed by atoms with Gasteiger partial charge in [-0.3, -0.25) is 4.79 Å². The van der Waals surface area contributed by atoms with E-state index in [1.165, 1.54) is 30.3 Å². The summed E-state index contributed by atoms with van der Waals surface area (Å²) in [5, 5.41) is 3.28. The van der Waals surface area contributed by atoms with Crippen LogP contribution in [0.4, 0.5) is 17.6 Å². The molecular formula is C17H10F4N2O2S. The van der Waals surface area contributed by atoms with E-state index in [4.69, 9.17) is 0 Å². The molecule has 0 radical (unpaired) electrons. The summed E-state index contributed by atoms with van der Waals surface area (Å²) in [6, 6.07) is 11.9. The van der Waals surface area contributed by atoms with E-state index in [0.717, 1.165) is 11.8 Å². The van der Waals surface area contributed by atoms with Crippen LogP contribution in [-0.2, 0) is 6.18 Å². The van der Waals surface area contributed by atoms with E-state index in [9.17, 15) is 22.4 Å². The lowest BCUT2D eigenvalue weighted by atomic mass is 10.1. The zero-order valence-corrected chi connectivity index (χ0v) is 13.8. The van der Waals surface area contributed by atoms with Crippen molar-refractivity contribution in [2.45, 2.75) is 11.1 Å². The van der Waals surface area contributed by atoms with Gasteiger partial charge in [0.25, 0.3) is 0 Å². The van der Waals surface area contributed by atoms with Crippen molar-refractivity contribution in [3.8, 4) is 11.4 Å². The van der Waals surface area contributed by atoms with Crippen LogP contribution < -0.4 is 0 Å². The third-order valence-corrected chi connectivity index (χ3v) is 4.38. The van der Waals surface area contributed by atoms with Crippen LogP contribution in [0, 0.1) is 5.82 Å². The first-order valence-electron chi connectivity index (χ1n) is 7.26. The molecule has 0 atom stereocenters. The first-order valence-corrected chi connectivity index (χ1v) is 8.25. The quantitative estimate of drug-likeness (QED) is 0.358. The number of thioether (sulfide) groups is 1. The predicted molar refractivity (Wildman–Crippen MR) is 86.2 cm³/mol. The molecule has 0 aliphatic carbocycles. The average molecular weight is 382 g/mol. The summed E-state index contributed by atoms with van der Waals surface area (Å²) >= 11 is 1.07. The first kappa shape index (κ1) is 18.1. The lowest BCUT2D eigenvalue weighted by molar-refractivity contribution is -0.159. The molecule has 3 rings (SSSR count). The number of hydrogen-bond donors (Lipinski definition) is 0. The maximum atomic E-state index is 13.5. The number of Topliss-reactive ketones (excluding diaryl/α,β-unsaturated/α-hetero) is 1. The van der Waals surface area contributed by atoms with Gasteiger partial charge in [0.05, 0.1) is 5.75 Å². The molecule has 3 aromatic rings. The van der Waals surface area contributed by atoms with Crippen molar-refractivity contribution >= 4 is 17.5 Å². The highest BCUT2D eigenvalue weighted by molar-refractivity contribution is 8.00. The number of aromatic nitrogens is 2. The molecule has 0 bridgehead atoms. The Labute approximate surface area is 149 Å². The molecule has 26 heavy (non-hydrogen) atoms. The minimum atomic E-state index is -4.72. The van der Waals surface area contributed by atoms with E-state index in [0.29, 0.717) is 10.5 Å². The second kappa shape index (κ2) is 7.28. The monoisotopic (exact) mass is 382 g/mol. The number of ketones is 1. The largest absolute Gasteiger partial charge is 0.471 e. The molecular weight excluding hydrogens is 372 g/mol. The summed E-state index contributed by atoms with van der Waals surface area (Å²) < 4.78 is 55.1. The smallest absolute Gasteiger partial charge is 0.329 e.